The number of likely N-dealkylation sites (tertiary alicyclic amines) is 1. The van der Waals surface area contributed by atoms with Crippen LogP contribution in [0.15, 0.2) is 42.5 Å². The molecule has 2 fully saturated rings. The monoisotopic (exact) mass is 474 g/mol. The van der Waals surface area contributed by atoms with Gasteiger partial charge < -0.3 is 15.4 Å². The van der Waals surface area contributed by atoms with E-state index in [2.05, 4.69) is 49.3 Å². The van der Waals surface area contributed by atoms with Gasteiger partial charge in [-0.2, -0.15) is 5.26 Å². The lowest BCUT2D eigenvalue weighted by Gasteiger charge is -2.46. The maximum atomic E-state index is 12.9. The molecule has 0 unspecified atom stereocenters. The van der Waals surface area contributed by atoms with Crippen molar-refractivity contribution in [3.8, 4) is 17.6 Å². The van der Waals surface area contributed by atoms with Crippen LogP contribution in [0.2, 0.25) is 0 Å². The van der Waals surface area contributed by atoms with Crippen molar-refractivity contribution in [3.05, 3.63) is 59.2 Å². The molecule has 0 radical (unpaired) electrons. The molecular weight excluding hydrogens is 436 g/mol. The van der Waals surface area contributed by atoms with Crippen molar-refractivity contribution in [2.45, 2.75) is 83.5 Å². The number of carbonyl (C=O) groups excluding carboxylic acids is 1. The first-order valence-corrected chi connectivity index (χ1v) is 12.8. The van der Waals surface area contributed by atoms with Gasteiger partial charge in [0.05, 0.1) is 5.56 Å². The van der Waals surface area contributed by atoms with Crippen LogP contribution in [0, 0.1) is 11.3 Å². The average Bonchev–Trinajstić information content (AvgIpc) is 2.78. The molecule has 2 aromatic rings. The minimum Gasteiger partial charge on any atom is -0.456 e. The Balaban J connectivity index is 1.41. The third-order valence-electron chi connectivity index (χ3n) is 6.94. The highest BCUT2D eigenvalue weighted by atomic mass is 16.5. The molecule has 2 heterocycles. The van der Waals surface area contributed by atoms with Gasteiger partial charge in [-0.05, 0) is 102 Å². The summed E-state index contributed by atoms with van der Waals surface area (Å²) in [7, 11) is 0. The van der Waals surface area contributed by atoms with Crippen LogP contribution in [0.1, 0.15) is 81.3 Å². The predicted molar refractivity (Wildman–Crippen MR) is 139 cm³/mol. The molecule has 2 saturated heterocycles. The SMILES string of the molecule is CC1(C)CC(NC(=O)c2ccc(Oc3cccc(CN4CCCCC4)c3C#N)cc2)CC(C)(C)N1. The van der Waals surface area contributed by atoms with Crippen molar-refractivity contribution in [2.75, 3.05) is 13.1 Å². The summed E-state index contributed by atoms with van der Waals surface area (Å²) in [5, 5.41) is 16.7. The van der Waals surface area contributed by atoms with E-state index in [0.717, 1.165) is 38.0 Å². The molecule has 2 aliphatic heterocycles. The molecule has 1 amide bonds. The average molecular weight is 475 g/mol. The molecule has 4 rings (SSSR count). The summed E-state index contributed by atoms with van der Waals surface area (Å²) in [6.07, 6.45) is 5.48. The number of nitrogens with zero attached hydrogens (tertiary/aromatic N) is 2. The van der Waals surface area contributed by atoms with Crippen molar-refractivity contribution >= 4 is 5.91 Å². The number of rotatable bonds is 6. The molecule has 35 heavy (non-hydrogen) atoms. The number of amides is 1. The second-order valence-corrected chi connectivity index (χ2v) is 11.3. The molecule has 2 aliphatic rings. The van der Waals surface area contributed by atoms with E-state index in [4.69, 9.17) is 4.74 Å². The Hall–Kier alpha value is -2.88. The van der Waals surface area contributed by atoms with Gasteiger partial charge in [-0.1, -0.05) is 18.6 Å². The normalized spacial score (nSPS) is 20.1. The lowest BCUT2D eigenvalue weighted by molar-refractivity contribution is 0.0873. The van der Waals surface area contributed by atoms with E-state index in [1.165, 1.54) is 19.3 Å². The van der Waals surface area contributed by atoms with Crippen LogP contribution in [-0.2, 0) is 6.54 Å². The quantitative estimate of drug-likeness (QED) is 0.588. The molecule has 0 aromatic heterocycles. The van der Waals surface area contributed by atoms with Crippen molar-refractivity contribution in [2.24, 2.45) is 0 Å². The Labute approximate surface area is 209 Å². The van der Waals surface area contributed by atoms with Gasteiger partial charge in [-0.3, -0.25) is 9.69 Å². The van der Waals surface area contributed by atoms with E-state index in [0.29, 0.717) is 22.6 Å². The number of hydrogen-bond donors (Lipinski definition) is 2. The first-order valence-electron chi connectivity index (χ1n) is 12.8. The second kappa shape index (κ2) is 10.4. The van der Waals surface area contributed by atoms with E-state index in [1.54, 1.807) is 24.3 Å². The highest BCUT2D eigenvalue weighted by Crippen LogP contribution is 2.30. The standard InChI is InChI=1S/C29H38N4O2/c1-28(2)17-23(18-29(3,4)32-28)31-27(34)21-11-13-24(14-12-21)35-26-10-8-9-22(25(26)19-30)20-33-15-6-5-7-16-33/h8-14,23,32H,5-7,15-18,20H2,1-4H3,(H,31,34). The number of hydrogen-bond acceptors (Lipinski definition) is 5. The summed E-state index contributed by atoms with van der Waals surface area (Å²) in [5.74, 6) is 1.09. The molecule has 186 valence electrons. The van der Waals surface area contributed by atoms with E-state index < -0.39 is 0 Å². The zero-order valence-corrected chi connectivity index (χ0v) is 21.5. The largest absolute Gasteiger partial charge is 0.456 e. The van der Waals surface area contributed by atoms with Gasteiger partial charge >= 0.3 is 0 Å². The van der Waals surface area contributed by atoms with E-state index in [9.17, 15) is 10.1 Å². The Morgan fingerprint density at radius 3 is 2.34 bits per heavy atom. The summed E-state index contributed by atoms with van der Waals surface area (Å²) < 4.78 is 6.09. The van der Waals surface area contributed by atoms with Gasteiger partial charge in [-0.25, -0.2) is 0 Å². The summed E-state index contributed by atoms with van der Waals surface area (Å²) in [6.45, 7) is 11.6. The molecule has 0 bridgehead atoms. The topological polar surface area (TPSA) is 77.4 Å². The van der Waals surface area contributed by atoms with Gasteiger partial charge in [0.25, 0.3) is 5.91 Å². The lowest BCUT2D eigenvalue weighted by atomic mass is 9.79. The minimum atomic E-state index is -0.0729. The number of piperidine rings is 2. The lowest BCUT2D eigenvalue weighted by Crippen LogP contribution is -2.62. The number of nitriles is 1. The predicted octanol–water partition coefficient (Wildman–Crippen LogP) is 5.38. The van der Waals surface area contributed by atoms with Gasteiger partial charge in [0.15, 0.2) is 0 Å². The maximum Gasteiger partial charge on any atom is 0.251 e. The number of benzene rings is 2. The summed E-state index contributed by atoms with van der Waals surface area (Å²) >= 11 is 0. The smallest absolute Gasteiger partial charge is 0.251 e. The summed E-state index contributed by atoms with van der Waals surface area (Å²) in [6, 6.07) is 15.4. The zero-order valence-electron chi connectivity index (χ0n) is 21.5. The van der Waals surface area contributed by atoms with Gasteiger partial charge in [0.2, 0.25) is 0 Å². The molecule has 2 aromatic carbocycles. The van der Waals surface area contributed by atoms with Crippen molar-refractivity contribution in [1.29, 1.82) is 5.26 Å². The highest BCUT2D eigenvalue weighted by molar-refractivity contribution is 5.94. The third-order valence-corrected chi connectivity index (χ3v) is 6.94. The molecule has 0 atom stereocenters. The Morgan fingerprint density at radius 2 is 1.71 bits per heavy atom. The maximum absolute atomic E-state index is 12.9. The van der Waals surface area contributed by atoms with Crippen LogP contribution < -0.4 is 15.4 Å². The van der Waals surface area contributed by atoms with Crippen molar-refractivity contribution in [3.63, 3.8) is 0 Å². The fourth-order valence-corrected chi connectivity index (χ4v) is 5.77. The summed E-state index contributed by atoms with van der Waals surface area (Å²) in [4.78, 5) is 15.3. The van der Waals surface area contributed by atoms with Crippen LogP contribution in [0.3, 0.4) is 0 Å². The fourth-order valence-electron chi connectivity index (χ4n) is 5.77. The number of ether oxygens (including phenoxy) is 1. The van der Waals surface area contributed by atoms with Crippen molar-refractivity contribution < 1.29 is 9.53 Å². The molecule has 0 aliphatic carbocycles. The molecule has 0 saturated carbocycles. The van der Waals surface area contributed by atoms with Crippen LogP contribution in [-0.4, -0.2) is 41.0 Å². The molecular formula is C29H38N4O2. The van der Waals surface area contributed by atoms with Crippen LogP contribution >= 0.6 is 0 Å². The zero-order chi connectivity index (χ0) is 25.1. The van der Waals surface area contributed by atoms with E-state index in [-0.39, 0.29) is 23.0 Å². The highest BCUT2D eigenvalue weighted by Gasteiger charge is 2.38. The third kappa shape index (κ3) is 6.62. The number of nitrogens with one attached hydrogen (secondary N) is 2. The minimum absolute atomic E-state index is 0.0294. The molecule has 2 N–H and O–H groups in total. The first-order chi connectivity index (χ1) is 16.6. The molecule has 0 spiro atoms. The molecule has 6 nitrogen and oxygen atoms in total. The molecule has 6 heteroatoms. The first kappa shape index (κ1) is 25.2. The van der Waals surface area contributed by atoms with Gasteiger partial charge in [0.1, 0.15) is 17.6 Å². The Morgan fingerprint density at radius 1 is 1.06 bits per heavy atom. The van der Waals surface area contributed by atoms with Gasteiger partial charge in [0, 0.05) is 29.2 Å². The fraction of sp³-hybridized carbons (Fsp3) is 0.517. The van der Waals surface area contributed by atoms with E-state index >= 15 is 0 Å². The number of carbonyl (C=O) groups is 1. The second-order valence-electron chi connectivity index (χ2n) is 11.3. The Kier molecular flexibility index (Phi) is 7.49. The van der Waals surface area contributed by atoms with Crippen LogP contribution in [0.25, 0.3) is 0 Å². The summed E-state index contributed by atoms with van der Waals surface area (Å²) in [5.41, 5.74) is 2.12. The van der Waals surface area contributed by atoms with Crippen molar-refractivity contribution in [1.82, 2.24) is 15.5 Å². The van der Waals surface area contributed by atoms with Gasteiger partial charge in [-0.15, -0.1) is 0 Å². The van der Waals surface area contributed by atoms with E-state index in [1.807, 2.05) is 18.2 Å². The van der Waals surface area contributed by atoms with Crippen LogP contribution in [0.4, 0.5) is 0 Å². The van der Waals surface area contributed by atoms with Crippen LogP contribution in [0.5, 0.6) is 11.5 Å². The Bertz CT molecular complexity index is 1060.